The molecule has 2 fully saturated rings. The summed E-state index contributed by atoms with van der Waals surface area (Å²) in [5.41, 5.74) is 1.26. The fourth-order valence-corrected chi connectivity index (χ4v) is 3.11. The zero-order valence-corrected chi connectivity index (χ0v) is 11.3. The van der Waals surface area contributed by atoms with Crippen LogP contribution in [0.5, 0.6) is 0 Å². The molecule has 3 rings (SSSR count). The van der Waals surface area contributed by atoms with Crippen molar-refractivity contribution in [2.75, 3.05) is 26.2 Å². The van der Waals surface area contributed by atoms with Crippen molar-refractivity contribution in [2.45, 2.75) is 13.5 Å². The molecule has 1 aromatic rings. The maximum Gasteiger partial charge on any atom is 0.410 e. The number of carbonyl (C=O) groups excluding carboxylic acids is 1. The quantitative estimate of drug-likeness (QED) is 0.882. The number of likely N-dealkylation sites (tertiary alicyclic amines) is 1. The topological polar surface area (TPSA) is 41.6 Å². The molecule has 2 aliphatic heterocycles. The van der Waals surface area contributed by atoms with E-state index in [9.17, 15) is 4.79 Å². The monoisotopic (exact) mass is 260 g/mol. The molecule has 1 aromatic carbocycles. The third-order valence-corrected chi connectivity index (χ3v) is 4.36. The van der Waals surface area contributed by atoms with Gasteiger partial charge >= 0.3 is 6.09 Å². The number of hydrogen-bond acceptors (Lipinski definition) is 3. The van der Waals surface area contributed by atoms with Gasteiger partial charge in [-0.1, -0.05) is 37.3 Å². The van der Waals surface area contributed by atoms with E-state index in [4.69, 9.17) is 4.74 Å². The lowest BCUT2D eigenvalue weighted by molar-refractivity contribution is 0.0998. The average molecular weight is 260 g/mol. The first-order valence-electron chi connectivity index (χ1n) is 6.84. The number of hydrogen-bond donors (Lipinski definition) is 1. The minimum atomic E-state index is -0.181. The highest BCUT2D eigenvalue weighted by atomic mass is 16.6. The second-order valence-electron chi connectivity index (χ2n) is 5.90. The molecule has 0 radical (unpaired) electrons. The second-order valence-corrected chi connectivity index (χ2v) is 5.90. The molecule has 4 heteroatoms. The van der Waals surface area contributed by atoms with Crippen molar-refractivity contribution in [1.29, 1.82) is 0 Å². The Morgan fingerprint density at radius 2 is 2.26 bits per heavy atom. The molecule has 0 bridgehead atoms. The van der Waals surface area contributed by atoms with Gasteiger partial charge in [-0.15, -0.1) is 0 Å². The van der Waals surface area contributed by atoms with Crippen molar-refractivity contribution in [3.63, 3.8) is 0 Å². The summed E-state index contributed by atoms with van der Waals surface area (Å²) in [5, 5.41) is 3.40. The van der Waals surface area contributed by atoms with Crippen LogP contribution >= 0.6 is 0 Å². The van der Waals surface area contributed by atoms with Gasteiger partial charge in [-0.25, -0.2) is 4.79 Å². The summed E-state index contributed by atoms with van der Waals surface area (Å²) in [6.45, 7) is 6.24. The molecule has 0 aromatic heterocycles. The zero-order valence-electron chi connectivity index (χ0n) is 11.3. The molecule has 2 atom stereocenters. The van der Waals surface area contributed by atoms with Crippen LogP contribution in [0.4, 0.5) is 4.79 Å². The van der Waals surface area contributed by atoms with Crippen LogP contribution < -0.4 is 5.32 Å². The number of ether oxygens (including phenoxy) is 1. The molecule has 2 heterocycles. The van der Waals surface area contributed by atoms with Gasteiger partial charge in [0.25, 0.3) is 0 Å². The molecule has 0 unspecified atom stereocenters. The smallest absolute Gasteiger partial charge is 0.410 e. The van der Waals surface area contributed by atoms with Gasteiger partial charge < -0.3 is 15.0 Å². The Kier molecular flexibility index (Phi) is 3.19. The van der Waals surface area contributed by atoms with Crippen LogP contribution in [0, 0.1) is 11.3 Å². The normalized spacial score (nSPS) is 29.3. The maximum absolute atomic E-state index is 12.1. The fraction of sp³-hybridized carbons (Fsp3) is 0.533. The highest BCUT2D eigenvalue weighted by Gasteiger charge is 2.47. The minimum absolute atomic E-state index is 0.181. The van der Waals surface area contributed by atoms with Gasteiger partial charge in [0.05, 0.1) is 0 Å². The zero-order chi connectivity index (χ0) is 13.3. The van der Waals surface area contributed by atoms with E-state index in [-0.39, 0.29) is 11.5 Å². The molecule has 0 spiro atoms. The number of fused-ring (bicyclic) bond motifs is 1. The van der Waals surface area contributed by atoms with Gasteiger partial charge in [-0.05, 0) is 11.5 Å². The lowest BCUT2D eigenvalue weighted by Gasteiger charge is -2.22. The van der Waals surface area contributed by atoms with Crippen LogP contribution in [0.1, 0.15) is 12.5 Å². The van der Waals surface area contributed by atoms with E-state index < -0.39 is 0 Å². The molecule has 102 valence electrons. The molecule has 4 nitrogen and oxygen atoms in total. The molecule has 0 saturated carbocycles. The summed E-state index contributed by atoms with van der Waals surface area (Å²) >= 11 is 0. The van der Waals surface area contributed by atoms with Crippen LogP contribution in [-0.4, -0.2) is 37.2 Å². The van der Waals surface area contributed by atoms with Gasteiger partial charge in [-0.3, -0.25) is 0 Å². The van der Waals surface area contributed by atoms with Crippen molar-refractivity contribution in [2.24, 2.45) is 11.3 Å². The summed E-state index contributed by atoms with van der Waals surface area (Å²) in [6, 6.07) is 9.81. The predicted octanol–water partition coefficient (Wildman–Crippen LogP) is 1.86. The third kappa shape index (κ3) is 2.45. The first-order chi connectivity index (χ1) is 9.17. The van der Waals surface area contributed by atoms with Gasteiger partial charge in [0.2, 0.25) is 0 Å². The minimum Gasteiger partial charge on any atom is -0.445 e. The molecular formula is C15H20N2O2. The number of nitrogens with one attached hydrogen (secondary N) is 1. The van der Waals surface area contributed by atoms with Crippen molar-refractivity contribution in [1.82, 2.24) is 10.2 Å². The van der Waals surface area contributed by atoms with E-state index in [0.29, 0.717) is 12.5 Å². The van der Waals surface area contributed by atoms with E-state index in [1.165, 1.54) is 0 Å². The van der Waals surface area contributed by atoms with Crippen molar-refractivity contribution >= 4 is 6.09 Å². The first kappa shape index (κ1) is 12.5. The summed E-state index contributed by atoms with van der Waals surface area (Å²) in [4.78, 5) is 13.9. The van der Waals surface area contributed by atoms with E-state index in [2.05, 4.69) is 12.2 Å². The van der Waals surface area contributed by atoms with E-state index in [0.717, 1.165) is 31.7 Å². The number of rotatable bonds is 2. The SMILES string of the molecule is C[C@@]12CNC[C@@H]1CN(C(=O)OCc1ccccc1)C2. The van der Waals surface area contributed by atoms with Gasteiger partial charge in [0.15, 0.2) is 0 Å². The Hall–Kier alpha value is -1.55. The fourth-order valence-electron chi connectivity index (χ4n) is 3.11. The summed E-state index contributed by atoms with van der Waals surface area (Å²) in [6.07, 6.45) is -0.181. The van der Waals surface area contributed by atoms with Crippen molar-refractivity contribution < 1.29 is 9.53 Å². The standard InChI is InChI=1S/C15H20N2O2/c1-15-10-16-7-13(15)8-17(11-15)14(18)19-9-12-5-3-2-4-6-12/h2-6,13,16H,7-11H2,1H3/t13-,15+/m1/s1. The van der Waals surface area contributed by atoms with Gasteiger partial charge in [0.1, 0.15) is 6.61 Å². The van der Waals surface area contributed by atoms with Crippen LogP contribution in [-0.2, 0) is 11.3 Å². The molecule has 0 aliphatic carbocycles. The lowest BCUT2D eigenvalue weighted by atomic mass is 9.83. The Bertz CT molecular complexity index is 462. The van der Waals surface area contributed by atoms with E-state index >= 15 is 0 Å². The molecule has 2 saturated heterocycles. The molecule has 19 heavy (non-hydrogen) atoms. The predicted molar refractivity (Wildman–Crippen MR) is 72.7 cm³/mol. The largest absolute Gasteiger partial charge is 0.445 e. The second kappa shape index (κ2) is 4.85. The Morgan fingerprint density at radius 3 is 3.00 bits per heavy atom. The van der Waals surface area contributed by atoms with Crippen LogP contribution in [0.15, 0.2) is 30.3 Å². The summed E-state index contributed by atoms with van der Waals surface area (Å²) in [7, 11) is 0. The lowest BCUT2D eigenvalue weighted by Crippen LogP contribution is -2.34. The third-order valence-electron chi connectivity index (χ3n) is 4.36. The Labute approximate surface area is 113 Å². The van der Waals surface area contributed by atoms with Crippen LogP contribution in [0.3, 0.4) is 0 Å². The summed E-state index contributed by atoms with van der Waals surface area (Å²) in [5.74, 6) is 0.566. The Balaban J connectivity index is 1.55. The van der Waals surface area contributed by atoms with Gasteiger partial charge in [0, 0.05) is 31.6 Å². The molecule has 1 amide bonds. The molecule has 2 aliphatic rings. The van der Waals surface area contributed by atoms with Crippen molar-refractivity contribution in [3.8, 4) is 0 Å². The Morgan fingerprint density at radius 1 is 1.47 bits per heavy atom. The van der Waals surface area contributed by atoms with Gasteiger partial charge in [-0.2, -0.15) is 0 Å². The van der Waals surface area contributed by atoms with Crippen molar-refractivity contribution in [3.05, 3.63) is 35.9 Å². The number of benzene rings is 1. The highest BCUT2D eigenvalue weighted by Crippen LogP contribution is 2.38. The molecular weight excluding hydrogens is 240 g/mol. The number of nitrogens with zero attached hydrogens (tertiary/aromatic N) is 1. The van der Waals surface area contributed by atoms with E-state index in [1.807, 2.05) is 35.2 Å². The summed E-state index contributed by atoms with van der Waals surface area (Å²) < 4.78 is 5.39. The number of amides is 1. The average Bonchev–Trinajstić information content (AvgIpc) is 2.92. The molecule has 1 N–H and O–H groups in total. The van der Waals surface area contributed by atoms with Crippen LogP contribution in [0.25, 0.3) is 0 Å². The number of carbonyl (C=O) groups is 1. The van der Waals surface area contributed by atoms with Crippen LogP contribution in [0.2, 0.25) is 0 Å². The maximum atomic E-state index is 12.1. The van der Waals surface area contributed by atoms with E-state index in [1.54, 1.807) is 0 Å². The highest BCUT2D eigenvalue weighted by molar-refractivity contribution is 5.68. The first-order valence-corrected chi connectivity index (χ1v) is 6.84.